The van der Waals surface area contributed by atoms with Crippen LogP contribution in [0.5, 0.6) is 11.5 Å². The van der Waals surface area contributed by atoms with E-state index >= 15 is 0 Å². The molecule has 0 radical (unpaired) electrons. The highest BCUT2D eigenvalue weighted by Gasteiger charge is 2.15. The van der Waals surface area contributed by atoms with E-state index in [0.717, 1.165) is 0 Å². The maximum absolute atomic E-state index is 11.2. The summed E-state index contributed by atoms with van der Waals surface area (Å²) in [7, 11) is 2.91. The van der Waals surface area contributed by atoms with Crippen molar-refractivity contribution in [2.24, 2.45) is 0 Å². The maximum Gasteiger partial charge on any atom is 0.336 e. The standard InChI is InChI=1S/C12H10O5/c1-15-9-5-10(16-2)8(6-13)12-7(9)3-4-11(14)17-12/h3-6H,1-2H3. The lowest BCUT2D eigenvalue weighted by molar-refractivity contribution is 0.112. The molecule has 0 saturated heterocycles. The smallest absolute Gasteiger partial charge is 0.336 e. The number of aldehydes is 1. The van der Waals surface area contributed by atoms with E-state index in [0.29, 0.717) is 23.2 Å². The van der Waals surface area contributed by atoms with Gasteiger partial charge in [0.25, 0.3) is 0 Å². The van der Waals surface area contributed by atoms with Crippen molar-refractivity contribution in [1.29, 1.82) is 0 Å². The van der Waals surface area contributed by atoms with Gasteiger partial charge in [-0.1, -0.05) is 0 Å². The summed E-state index contributed by atoms with van der Waals surface area (Å²) in [4.78, 5) is 22.2. The summed E-state index contributed by atoms with van der Waals surface area (Å²) in [5.74, 6) is 0.782. The van der Waals surface area contributed by atoms with Gasteiger partial charge in [-0.25, -0.2) is 4.79 Å². The van der Waals surface area contributed by atoms with Crippen LogP contribution in [0.1, 0.15) is 10.4 Å². The van der Waals surface area contributed by atoms with E-state index in [1.807, 2.05) is 0 Å². The number of carbonyl (C=O) groups excluding carboxylic acids is 1. The Bertz CT molecular complexity index is 627. The first kappa shape index (κ1) is 11.2. The second-order valence-corrected chi connectivity index (χ2v) is 3.31. The minimum atomic E-state index is -0.532. The summed E-state index contributed by atoms with van der Waals surface area (Å²) in [5.41, 5.74) is -0.166. The first-order valence-electron chi connectivity index (χ1n) is 4.85. The van der Waals surface area contributed by atoms with Crippen LogP contribution in [0, 0.1) is 0 Å². The van der Waals surface area contributed by atoms with E-state index in [-0.39, 0.29) is 11.1 Å². The van der Waals surface area contributed by atoms with Crippen LogP contribution >= 0.6 is 0 Å². The van der Waals surface area contributed by atoms with Gasteiger partial charge in [0.15, 0.2) is 11.9 Å². The zero-order valence-corrected chi connectivity index (χ0v) is 9.35. The molecule has 88 valence electrons. The molecule has 0 unspecified atom stereocenters. The number of fused-ring (bicyclic) bond motifs is 1. The minimum absolute atomic E-state index is 0.170. The van der Waals surface area contributed by atoms with Crippen LogP contribution in [-0.4, -0.2) is 20.5 Å². The quantitative estimate of drug-likeness (QED) is 0.596. The topological polar surface area (TPSA) is 65.7 Å². The predicted molar refractivity (Wildman–Crippen MR) is 61.0 cm³/mol. The Kier molecular flexibility index (Phi) is 2.82. The highest BCUT2D eigenvalue weighted by atomic mass is 16.5. The van der Waals surface area contributed by atoms with Gasteiger partial charge in [-0.2, -0.15) is 0 Å². The van der Waals surface area contributed by atoms with Gasteiger partial charge in [0, 0.05) is 12.1 Å². The normalized spacial score (nSPS) is 10.2. The average Bonchev–Trinajstić information content (AvgIpc) is 2.36. The summed E-state index contributed by atoms with van der Waals surface area (Å²) >= 11 is 0. The van der Waals surface area contributed by atoms with Crippen molar-refractivity contribution >= 4 is 17.3 Å². The number of hydrogen-bond donors (Lipinski definition) is 0. The van der Waals surface area contributed by atoms with E-state index in [1.165, 1.54) is 20.3 Å². The van der Waals surface area contributed by atoms with Crippen molar-refractivity contribution in [2.45, 2.75) is 0 Å². The fourth-order valence-corrected chi connectivity index (χ4v) is 1.65. The molecule has 17 heavy (non-hydrogen) atoms. The molecule has 0 N–H and O–H groups in total. The molecule has 0 aliphatic rings. The van der Waals surface area contributed by atoms with Crippen LogP contribution in [-0.2, 0) is 0 Å². The van der Waals surface area contributed by atoms with Crippen LogP contribution < -0.4 is 15.1 Å². The minimum Gasteiger partial charge on any atom is -0.496 e. The van der Waals surface area contributed by atoms with Gasteiger partial charge in [0.1, 0.15) is 11.5 Å². The Morgan fingerprint density at radius 1 is 1.18 bits per heavy atom. The molecule has 0 atom stereocenters. The van der Waals surface area contributed by atoms with Gasteiger partial charge >= 0.3 is 5.63 Å². The summed E-state index contributed by atoms with van der Waals surface area (Å²) in [6.07, 6.45) is 0.587. The number of rotatable bonds is 3. The second kappa shape index (κ2) is 4.29. The molecule has 1 heterocycles. The lowest BCUT2D eigenvalue weighted by Crippen LogP contribution is -2.00. The monoisotopic (exact) mass is 234 g/mol. The van der Waals surface area contributed by atoms with Gasteiger partial charge < -0.3 is 13.9 Å². The third-order valence-corrected chi connectivity index (χ3v) is 2.43. The van der Waals surface area contributed by atoms with E-state index in [1.54, 1.807) is 12.1 Å². The van der Waals surface area contributed by atoms with Gasteiger partial charge in [0.2, 0.25) is 0 Å². The fraction of sp³-hybridized carbons (Fsp3) is 0.167. The molecule has 5 heteroatoms. The SMILES string of the molecule is COc1cc(OC)c2ccc(=O)oc2c1C=O. The summed E-state index contributed by atoms with van der Waals surface area (Å²) in [5, 5.41) is 0.551. The summed E-state index contributed by atoms with van der Waals surface area (Å²) < 4.78 is 15.2. The highest BCUT2D eigenvalue weighted by molar-refractivity contribution is 6.00. The molecule has 0 spiro atoms. The molecule has 1 aromatic carbocycles. The van der Waals surface area contributed by atoms with Gasteiger partial charge in [-0.3, -0.25) is 4.79 Å². The van der Waals surface area contributed by atoms with E-state index in [2.05, 4.69) is 0 Å². The molecule has 0 bridgehead atoms. The van der Waals surface area contributed by atoms with Crippen molar-refractivity contribution in [2.75, 3.05) is 14.2 Å². The molecule has 0 saturated carbocycles. The second-order valence-electron chi connectivity index (χ2n) is 3.31. The number of benzene rings is 1. The third kappa shape index (κ3) is 1.75. The summed E-state index contributed by atoms with van der Waals surface area (Å²) in [6.45, 7) is 0. The maximum atomic E-state index is 11.2. The van der Waals surface area contributed by atoms with Crippen LogP contribution in [0.2, 0.25) is 0 Å². The molecular formula is C12H10O5. The van der Waals surface area contributed by atoms with E-state index in [9.17, 15) is 9.59 Å². The average molecular weight is 234 g/mol. The number of hydrogen-bond acceptors (Lipinski definition) is 5. The highest BCUT2D eigenvalue weighted by Crippen LogP contribution is 2.33. The van der Waals surface area contributed by atoms with E-state index < -0.39 is 5.63 Å². The van der Waals surface area contributed by atoms with Crippen molar-refractivity contribution in [3.8, 4) is 11.5 Å². The zero-order chi connectivity index (χ0) is 12.4. The Morgan fingerprint density at radius 2 is 1.88 bits per heavy atom. The molecular weight excluding hydrogens is 224 g/mol. The fourth-order valence-electron chi connectivity index (χ4n) is 1.65. The van der Waals surface area contributed by atoms with Gasteiger partial charge in [-0.15, -0.1) is 0 Å². The largest absolute Gasteiger partial charge is 0.496 e. The van der Waals surface area contributed by atoms with Crippen LogP contribution in [0.4, 0.5) is 0 Å². The van der Waals surface area contributed by atoms with Gasteiger partial charge in [0.05, 0.1) is 25.2 Å². The Morgan fingerprint density at radius 3 is 2.47 bits per heavy atom. The summed E-state index contributed by atoms with van der Waals surface area (Å²) in [6, 6.07) is 4.39. The van der Waals surface area contributed by atoms with Crippen molar-refractivity contribution in [1.82, 2.24) is 0 Å². The third-order valence-electron chi connectivity index (χ3n) is 2.43. The Hall–Kier alpha value is -2.30. The molecule has 5 nitrogen and oxygen atoms in total. The molecule has 2 rings (SSSR count). The Balaban J connectivity index is 2.96. The number of carbonyl (C=O) groups is 1. The van der Waals surface area contributed by atoms with Crippen molar-refractivity contribution in [3.05, 3.63) is 34.2 Å². The lowest BCUT2D eigenvalue weighted by Gasteiger charge is -2.10. The van der Waals surface area contributed by atoms with E-state index in [4.69, 9.17) is 13.9 Å². The van der Waals surface area contributed by atoms with Crippen LogP contribution in [0.3, 0.4) is 0 Å². The number of methoxy groups -OCH3 is 2. The first-order valence-corrected chi connectivity index (χ1v) is 4.85. The molecule has 0 amide bonds. The predicted octanol–water partition coefficient (Wildman–Crippen LogP) is 1.62. The number of ether oxygens (including phenoxy) is 2. The van der Waals surface area contributed by atoms with Crippen LogP contribution in [0.25, 0.3) is 11.0 Å². The molecule has 0 aliphatic carbocycles. The first-order chi connectivity index (χ1) is 8.21. The molecule has 0 aliphatic heterocycles. The van der Waals surface area contributed by atoms with Crippen LogP contribution in [0.15, 0.2) is 27.4 Å². The van der Waals surface area contributed by atoms with Crippen molar-refractivity contribution < 1.29 is 18.7 Å². The Labute approximate surface area is 96.6 Å². The zero-order valence-electron chi connectivity index (χ0n) is 9.35. The molecule has 2 aromatic rings. The van der Waals surface area contributed by atoms with Gasteiger partial charge in [-0.05, 0) is 6.07 Å². The molecule has 0 fully saturated rings. The lowest BCUT2D eigenvalue weighted by atomic mass is 10.1. The molecule has 1 aromatic heterocycles. The van der Waals surface area contributed by atoms with Crippen molar-refractivity contribution in [3.63, 3.8) is 0 Å².